The molecule has 1 heterocycles. The van der Waals surface area contributed by atoms with E-state index in [0.29, 0.717) is 6.54 Å². The Morgan fingerprint density at radius 2 is 2.00 bits per heavy atom. The molecule has 0 unspecified atom stereocenters. The van der Waals surface area contributed by atoms with Crippen LogP contribution in [0.15, 0.2) is 18.3 Å². The summed E-state index contributed by atoms with van der Waals surface area (Å²) >= 11 is 0. The van der Waals surface area contributed by atoms with Crippen molar-refractivity contribution in [3.05, 3.63) is 24.0 Å². The zero-order valence-corrected chi connectivity index (χ0v) is 10.6. The van der Waals surface area contributed by atoms with E-state index in [1.807, 2.05) is 19.1 Å². The maximum atomic E-state index is 10.5. The van der Waals surface area contributed by atoms with Gasteiger partial charge in [-0.05, 0) is 31.9 Å². The minimum atomic E-state index is -0.520. The fourth-order valence-corrected chi connectivity index (χ4v) is 2.49. The summed E-state index contributed by atoms with van der Waals surface area (Å²) in [6.45, 7) is 2.63. The monoisotopic (exact) mass is 234 g/mol. The number of aliphatic hydroxyl groups is 1. The van der Waals surface area contributed by atoms with Crippen LogP contribution in [0.4, 0.5) is 5.69 Å². The van der Waals surface area contributed by atoms with Crippen molar-refractivity contribution < 1.29 is 5.11 Å². The number of aryl methyl sites for hydroxylation is 1. The first-order valence-electron chi connectivity index (χ1n) is 6.57. The molecule has 0 radical (unpaired) electrons. The van der Waals surface area contributed by atoms with Gasteiger partial charge in [-0.2, -0.15) is 0 Å². The minimum Gasteiger partial charge on any atom is -0.388 e. The van der Waals surface area contributed by atoms with Gasteiger partial charge in [0.15, 0.2) is 0 Å². The summed E-state index contributed by atoms with van der Waals surface area (Å²) in [5, 5.41) is 13.8. The van der Waals surface area contributed by atoms with Crippen molar-refractivity contribution >= 4 is 5.69 Å². The van der Waals surface area contributed by atoms with Gasteiger partial charge in [-0.25, -0.2) is 0 Å². The van der Waals surface area contributed by atoms with E-state index in [2.05, 4.69) is 10.3 Å². The number of rotatable bonds is 3. The molecular weight excluding hydrogens is 212 g/mol. The Morgan fingerprint density at radius 1 is 1.29 bits per heavy atom. The van der Waals surface area contributed by atoms with Crippen molar-refractivity contribution in [3.8, 4) is 0 Å². The lowest BCUT2D eigenvalue weighted by atomic mass is 9.94. The first-order valence-corrected chi connectivity index (χ1v) is 6.57. The molecule has 0 spiro atoms. The second-order valence-corrected chi connectivity index (χ2v) is 5.18. The van der Waals surface area contributed by atoms with Crippen molar-refractivity contribution in [2.24, 2.45) is 0 Å². The van der Waals surface area contributed by atoms with E-state index >= 15 is 0 Å². The number of anilines is 1. The van der Waals surface area contributed by atoms with Crippen molar-refractivity contribution in [2.45, 2.75) is 51.0 Å². The molecule has 0 aromatic carbocycles. The van der Waals surface area contributed by atoms with Gasteiger partial charge in [-0.3, -0.25) is 4.98 Å². The minimum absolute atomic E-state index is 0.520. The molecule has 3 nitrogen and oxygen atoms in total. The van der Waals surface area contributed by atoms with E-state index < -0.39 is 5.60 Å². The summed E-state index contributed by atoms with van der Waals surface area (Å²) in [5.41, 5.74) is 1.53. The third-order valence-electron chi connectivity index (χ3n) is 3.55. The number of hydrogen-bond acceptors (Lipinski definition) is 3. The summed E-state index contributed by atoms with van der Waals surface area (Å²) in [4.78, 5) is 4.16. The van der Waals surface area contributed by atoms with Crippen molar-refractivity contribution in [1.29, 1.82) is 0 Å². The van der Waals surface area contributed by atoms with Gasteiger partial charge < -0.3 is 10.4 Å². The summed E-state index contributed by atoms with van der Waals surface area (Å²) in [5.74, 6) is 0. The van der Waals surface area contributed by atoms with Gasteiger partial charge in [-0.15, -0.1) is 0 Å². The Balaban J connectivity index is 1.92. The SMILES string of the molecule is Cc1cc(NCC2(O)CCCCCC2)ccn1. The Labute approximate surface area is 103 Å². The average molecular weight is 234 g/mol. The Kier molecular flexibility index (Phi) is 4.00. The number of hydrogen-bond donors (Lipinski definition) is 2. The molecule has 3 heteroatoms. The van der Waals surface area contributed by atoms with Crippen LogP contribution < -0.4 is 5.32 Å². The molecular formula is C14H22N2O. The zero-order valence-electron chi connectivity index (χ0n) is 10.6. The largest absolute Gasteiger partial charge is 0.388 e. The zero-order chi connectivity index (χ0) is 12.1. The number of pyridine rings is 1. The van der Waals surface area contributed by atoms with Gasteiger partial charge in [0, 0.05) is 24.1 Å². The average Bonchev–Trinajstić information content (AvgIpc) is 2.53. The van der Waals surface area contributed by atoms with Crippen molar-refractivity contribution in [1.82, 2.24) is 4.98 Å². The third kappa shape index (κ3) is 3.70. The van der Waals surface area contributed by atoms with E-state index in [1.54, 1.807) is 6.20 Å². The maximum absolute atomic E-state index is 10.5. The number of nitrogens with zero attached hydrogens (tertiary/aromatic N) is 1. The van der Waals surface area contributed by atoms with Crippen LogP contribution >= 0.6 is 0 Å². The number of aromatic nitrogens is 1. The lowest BCUT2D eigenvalue weighted by Gasteiger charge is -2.27. The van der Waals surface area contributed by atoms with Crippen LogP contribution in [0.5, 0.6) is 0 Å². The molecule has 0 aliphatic heterocycles. The highest BCUT2D eigenvalue weighted by Gasteiger charge is 2.27. The Bertz CT molecular complexity index is 357. The lowest BCUT2D eigenvalue weighted by molar-refractivity contribution is 0.0381. The van der Waals surface area contributed by atoms with Crippen LogP contribution in [-0.2, 0) is 0 Å². The van der Waals surface area contributed by atoms with Gasteiger partial charge in [0.1, 0.15) is 0 Å². The van der Waals surface area contributed by atoms with Crippen LogP contribution in [0.25, 0.3) is 0 Å². The van der Waals surface area contributed by atoms with E-state index in [0.717, 1.165) is 37.1 Å². The maximum Gasteiger partial charge on any atom is 0.0819 e. The first kappa shape index (κ1) is 12.4. The second kappa shape index (κ2) is 5.50. The van der Waals surface area contributed by atoms with E-state index in [9.17, 15) is 5.11 Å². The molecule has 17 heavy (non-hydrogen) atoms. The first-order chi connectivity index (χ1) is 8.18. The van der Waals surface area contributed by atoms with E-state index in [4.69, 9.17) is 0 Å². The van der Waals surface area contributed by atoms with Crippen LogP contribution in [0.1, 0.15) is 44.2 Å². The summed E-state index contributed by atoms with van der Waals surface area (Å²) < 4.78 is 0. The van der Waals surface area contributed by atoms with Crippen LogP contribution in [0.2, 0.25) is 0 Å². The fraction of sp³-hybridized carbons (Fsp3) is 0.643. The molecule has 1 aromatic heterocycles. The van der Waals surface area contributed by atoms with Gasteiger partial charge in [0.25, 0.3) is 0 Å². The van der Waals surface area contributed by atoms with Crippen LogP contribution in [0, 0.1) is 6.92 Å². The van der Waals surface area contributed by atoms with Gasteiger partial charge >= 0.3 is 0 Å². The van der Waals surface area contributed by atoms with Gasteiger partial charge in [0.05, 0.1) is 5.60 Å². The predicted octanol–water partition coefficient (Wildman–Crippen LogP) is 2.89. The molecule has 94 valence electrons. The van der Waals surface area contributed by atoms with Crippen molar-refractivity contribution in [3.63, 3.8) is 0 Å². The fourth-order valence-electron chi connectivity index (χ4n) is 2.49. The second-order valence-electron chi connectivity index (χ2n) is 5.18. The molecule has 1 fully saturated rings. The van der Waals surface area contributed by atoms with Gasteiger partial charge in [-0.1, -0.05) is 25.7 Å². The quantitative estimate of drug-likeness (QED) is 0.790. The molecule has 0 bridgehead atoms. The summed E-state index contributed by atoms with van der Waals surface area (Å²) in [6, 6.07) is 3.97. The summed E-state index contributed by atoms with van der Waals surface area (Å²) in [7, 11) is 0. The molecule has 0 atom stereocenters. The topological polar surface area (TPSA) is 45.1 Å². The molecule has 0 saturated heterocycles. The highest BCUT2D eigenvalue weighted by atomic mass is 16.3. The Hall–Kier alpha value is -1.09. The van der Waals surface area contributed by atoms with Crippen LogP contribution in [0.3, 0.4) is 0 Å². The highest BCUT2D eigenvalue weighted by Crippen LogP contribution is 2.27. The molecule has 1 aliphatic rings. The van der Waals surface area contributed by atoms with E-state index in [1.165, 1.54) is 12.8 Å². The smallest absolute Gasteiger partial charge is 0.0819 e. The third-order valence-corrected chi connectivity index (χ3v) is 3.55. The molecule has 2 rings (SSSR count). The Morgan fingerprint density at radius 3 is 2.65 bits per heavy atom. The molecule has 2 N–H and O–H groups in total. The molecule has 1 saturated carbocycles. The van der Waals surface area contributed by atoms with Crippen LogP contribution in [-0.4, -0.2) is 22.2 Å². The van der Waals surface area contributed by atoms with E-state index in [-0.39, 0.29) is 0 Å². The normalized spacial score (nSPS) is 19.6. The summed E-state index contributed by atoms with van der Waals surface area (Å²) in [6.07, 6.45) is 8.46. The molecule has 0 amide bonds. The van der Waals surface area contributed by atoms with Gasteiger partial charge in [0.2, 0.25) is 0 Å². The lowest BCUT2D eigenvalue weighted by Crippen LogP contribution is -2.36. The number of nitrogens with one attached hydrogen (secondary N) is 1. The highest BCUT2D eigenvalue weighted by molar-refractivity contribution is 5.43. The van der Waals surface area contributed by atoms with Crippen molar-refractivity contribution in [2.75, 3.05) is 11.9 Å². The standard InChI is InChI=1S/C14H22N2O/c1-12-10-13(6-9-15-12)16-11-14(17)7-4-2-3-5-8-14/h6,9-10,17H,2-5,7-8,11H2,1H3,(H,15,16). The predicted molar refractivity (Wildman–Crippen MR) is 70.1 cm³/mol. The molecule has 1 aromatic rings. The molecule has 1 aliphatic carbocycles.